The highest BCUT2D eigenvalue weighted by Gasteiger charge is 2.00. The van der Waals surface area contributed by atoms with Gasteiger partial charge in [-0.15, -0.1) is 12.6 Å². The standard InChI is InChI=1S/C7H12N2O2S/c1-5(12)3-9-7(11)4-8-6(2)10/h12H,1,3-4H2,2H3,(H,8,10)(H,9,11). The molecule has 0 unspecified atom stereocenters. The molecule has 0 aromatic heterocycles. The molecule has 0 spiro atoms. The lowest BCUT2D eigenvalue weighted by Crippen LogP contribution is -2.36. The first-order chi connectivity index (χ1) is 5.52. The average Bonchev–Trinajstić information content (AvgIpc) is 1.96. The van der Waals surface area contributed by atoms with Gasteiger partial charge in [-0.3, -0.25) is 9.59 Å². The fourth-order valence-electron chi connectivity index (χ4n) is 0.468. The lowest BCUT2D eigenvalue weighted by Gasteiger charge is -2.03. The highest BCUT2D eigenvalue weighted by molar-refractivity contribution is 7.84. The summed E-state index contributed by atoms with van der Waals surface area (Å²) >= 11 is 3.88. The molecule has 0 aromatic carbocycles. The number of hydrogen-bond donors (Lipinski definition) is 3. The highest BCUT2D eigenvalue weighted by Crippen LogP contribution is 1.90. The van der Waals surface area contributed by atoms with E-state index in [4.69, 9.17) is 0 Å². The van der Waals surface area contributed by atoms with Gasteiger partial charge in [-0.2, -0.15) is 0 Å². The Morgan fingerprint density at radius 1 is 1.33 bits per heavy atom. The molecule has 0 aliphatic carbocycles. The Morgan fingerprint density at radius 2 is 1.92 bits per heavy atom. The first-order valence-electron chi connectivity index (χ1n) is 3.40. The maximum Gasteiger partial charge on any atom is 0.239 e. The lowest BCUT2D eigenvalue weighted by molar-refractivity contribution is -0.124. The summed E-state index contributed by atoms with van der Waals surface area (Å²) in [4.78, 5) is 21.8. The Hall–Kier alpha value is -0.970. The molecule has 0 radical (unpaired) electrons. The molecule has 0 aliphatic heterocycles. The van der Waals surface area contributed by atoms with Gasteiger partial charge in [-0.25, -0.2) is 0 Å². The molecular weight excluding hydrogens is 176 g/mol. The summed E-state index contributed by atoms with van der Waals surface area (Å²) in [7, 11) is 0. The SMILES string of the molecule is C=C(S)CNC(=O)CNC(C)=O. The average molecular weight is 188 g/mol. The Bertz CT molecular complexity index is 184. The van der Waals surface area contributed by atoms with E-state index in [9.17, 15) is 9.59 Å². The molecule has 0 aliphatic rings. The van der Waals surface area contributed by atoms with Crippen LogP contribution in [0, 0.1) is 0 Å². The summed E-state index contributed by atoms with van der Waals surface area (Å²) < 4.78 is 0. The van der Waals surface area contributed by atoms with Gasteiger partial charge in [0.05, 0.1) is 6.54 Å². The van der Waals surface area contributed by atoms with E-state index in [1.165, 1.54) is 6.92 Å². The van der Waals surface area contributed by atoms with Crippen LogP contribution in [0.5, 0.6) is 0 Å². The van der Waals surface area contributed by atoms with Crippen molar-refractivity contribution >= 4 is 24.4 Å². The maximum atomic E-state index is 10.9. The number of thiol groups is 1. The van der Waals surface area contributed by atoms with Gasteiger partial charge in [-0.1, -0.05) is 6.58 Å². The second kappa shape index (κ2) is 5.65. The first kappa shape index (κ1) is 11.0. The van der Waals surface area contributed by atoms with Crippen molar-refractivity contribution in [2.75, 3.05) is 13.1 Å². The van der Waals surface area contributed by atoms with E-state index in [1.807, 2.05) is 0 Å². The molecule has 2 amide bonds. The number of hydrogen-bond acceptors (Lipinski definition) is 3. The van der Waals surface area contributed by atoms with Crippen LogP contribution in [0.3, 0.4) is 0 Å². The number of nitrogens with one attached hydrogen (secondary N) is 2. The molecule has 0 atom stereocenters. The number of rotatable bonds is 4. The monoisotopic (exact) mass is 188 g/mol. The van der Waals surface area contributed by atoms with Crippen LogP contribution in [0.1, 0.15) is 6.92 Å². The molecule has 5 heteroatoms. The molecular formula is C7H12N2O2S. The van der Waals surface area contributed by atoms with Crippen molar-refractivity contribution < 1.29 is 9.59 Å². The quantitative estimate of drug-likeness (QED) is 0.530. The Balaban J connectivity index is 3.47. The van der Waals surface area contributed by atoms with E-state index < -0.39 is 0 Å². The van der Waals surface area contributed by atoms with Crippen LogP contribution in [0.4, 0.5) is 0 Å². The van der Waals surface area contributed by atoms with Crippen molar-refractivity contribution in [3.05, 3.63) is 11.5 Å². The van der Waals surface area contributed by atoms with E-state index in [-0.39, 0.29) is 18.4 Å². The molecule has 4 nitrogen and oxygen atoms in total. The largest absolute Gasteiger partial charge is 0.350 e. The molecule has 0 aromatic rings. The van der Waals surface area contributed by atoms with Crippen molar-refractivity contribution in [1.29, 1.82) is 0 Å². The zero-order valence-electron chi connectivity index (χ0n) is 6.89. The van der Waals surface area contributed by atoms with E-state index in [0.29, 0.717) is 11.4 Å². The van der Waals surface area contributed by atoms with Gasteiger partial charge >= 0.3 is 0 Å². The van der Waals surface area contributed by atoms with Gasteiger partial charge in [0, 0.05) is 13.5 Å². The van der Waals surface area contributed by atoms with Crippen molar-refractivity contribution in [2.24, 2.45) is 0 Å². The topological polar surface area (TPSA) is 58.2 Å². The predicted molar refractivity (Wildman–Crippen MR) is 49.8 cm³/mol. The molecule has 68 valence electrons. The molecule has 12 heavy (non-hydrogen) atoms. The summed E-state index contributed by atoms with van der Waals surface area (Å²) in [5.41, 5.74) is 0. The van der Waals surface area contributed by atoms with Crippen molar-refractivity contribution in [3.63, 3.8) is 0 Å². The Morgan fingerprint density at radius 3 is 2.33 bits per heavy atom. The fraction of sp³-hybridized carbons (Fsp3) is 0.429. The molecule has 0 fully saturated rings. The van der Waals surface area contributed by atoms with Crippen LogP contribution in [0.15, 0.2) is 11.5 Å². The smallest absolute Gasteiger partial charge is 0.239 e. The van der Waals surface area contributed by atoms with Gasteiger partial charge in [0.15, 0.2) is 0 Å². The van der Waals surface area contributed by atoms with E-state index in [1.54, 1.807) is 0 Å². The minimum Gasteiger partial charge on any atom is -0.350 e. The van der Waals surface area contributed by atoms with Crippen molar-refractivity contribution in [2.45, 2.75) is 6.92 Å². The third kappa shape index (κ3) is 7.14. The summed E-state index contributed by atoms with van der Waals surface area (Å²) in [5, 5.41) is 4.87. The minimum absolute atomic E-state index is 0.00358. The maximum absolute atomic E-state index is 10.9. The van der Waals surface area contributed by atoms with Crippen LogP contribution < -0.4 is 10.6 Å². The van der Waals surface area contributed by atoms with Gasteiger partial charge in [0.25, 0.3) is 0 Å². The second-order valence-electron chi connectivity index (χ2n) is 2.25. The van der Waals surface area contributed by atoms with Crippen LogP contribution in [-0.4, -0.2) is 24.9 Å². The molecule has 2 N–H and O–H groups in total. The second-order valence-corrected chi connectivity index (χ2v) is 2.89. The number of amides is 2. The summed E-state index contributed by atoms with van der Waals surface area (Å²) in [6.07, 6.45) is 0. The molecule has 0 saturated carbocycles. The van der Waals surface area contributed by atoms with Gasteiger partial charge in [-0.05, 0) is 4.91 Å². The third-order valence-electron chi connectivity index (χ3n) is 0.988. The normalized spacial score (nSPS) is 8.83. The molecule has 0 saturated heterocycles. The summed E-state index contributed by atoms with van der Waals surface area (Å²) in [5.74, 6) is -0.477. The Labute approximate surface area is 76.8 Å². The van der Waals surface area contributed by atoms with Crippen LogP contribution in [0.25, 0.3) is 0 Å². The van der Waals surface area contributed by atoms with Crippen molar-refractivity contribution in [3.8, 4) is 0 Å². The summed E-state index contributed by atoms with van der Waals surface area (Å²) in [6, 6.07) is 0. The predicted octanol–water partition coefficient (Wildman–Crippen LogP) is -0.318. The molecule has 0 heterocycles. The molecule has 0 rings (SSSR count). The fourth-order valence-corrected chi connectivity index (χ4v) is 0.547. The van der Waals surface area contributed by atoms with Crippen molar-refractivity contribution in [1.82, 2.24) is 10.6 Å². The Kier molecular flexibility index (Phi) is 5.19. The van der Waals surface area contributed by atoms with Crippen LogP contribution in [0.2, 0.25) is 0 Å². The van der Waals surface area contributed by atoms with Crippen LogP contribution >= 0.6 is 12.6 Å². The lowest BCUT2D eigenvalue weighted by atomic mass is 10.5. The number of carbonyl (C=O) groups excluding carboxylic acids is 2. The van der Waals surface area contributed by atoms with Gasteiger partial charge < -0.3 is 10.6 Å². The molecule has 0 bridgehead atoms. The van der Waals surface area contributed by atoms with Gasteiger partial charge in [0.1, 0.15) is 0 Å². The third-order valence-corrected chi connectivity index (χ3v) is 1.15. The summed E-state index contributed by atoms with van der Waals surface area (Å²) in [6.45, 7) is 5.15. The highest BCUT2D eigenvalue weighted by atomic mass is 32.1. The zero-order chi connectivity index (χ0) is 9.56. The van der Waals surface area contributed by atoms with E-state index >= 15 is 0 Å². The van der Waals surface area contributed by atoms with Gasteiger partial charge in [0.2, 0.25) is 11.8 Å². The van der Waals surface area contributed by atoms with E-state index in [0.717, 1.165) is 0 Å². The number of carbonyl (C=O) groups is 2. The van der Waals surface area contributed by atoms with E-state index in [2.05, 4.69) is 29.8 Å². The zero-order valence-corrected chi connectivity index (χ0v) is 7.78. The minimum atomic E-state index is -0.250. The first-order valence-corrected chi connectivity index (χ1v) is 3.85. The van der Waals surface area contributed by atoms with Crippen LogP contribution in [-0.2, 0) is 9.59 Å².